The molecule has 29 heavy (non-hydrogen) atoms. The van der Waals surface area contributed by atoms with Crippen molar-refractivity contribution in [3.63, 3.8) is 0 Å². The lowest BCUT2D eigenvalue weighted by atomic mass is 9.95. The van der Waals surface area contributed by atoms with E-state index in [-0.39, 0.29) is 24.2 Å². The quantitative estimate of drug-likeness (QED) is 0.693. The Labute approximate surface area is 180 Å². The summed E-state index contributed by atoms with van der Waals surface area (Å²) in [6.45, 7) is 5.72. The predicted octanol–water partition coefficient (Wildman–Crippen LogP) is 1.77. The molecule has 0 aliphatic carbocycles. The summed E-state index contributed by atoms with van der Waals surface area (Å²) < 4.78 is 0. The van der Waals surface area contributed by atoms with Crippen LogP contribution in [-0.2, 0) is 16.0 Å². The van der Waals surface area contributed by atoms with Crippen molar-refractivity contribution in [3.8, 4) is 0 Å². The average Bonchev–Trinajstić information content (AvgIpc) is 3.27. The molecule has 0 saturated carbocycles. The molecule has 0 unspecified atom stereocenters. The number of benzene rings is 1. The van der Waals surface area contributed by atoms with Gasteiger partial charge in [-0.25, -0.2) is 0 Å². The number of nitrogens with zero attached hydrogens (tertiary/aromatic N) is 3. The molecule has 0 aromatic heterocycles. The van der Waals surface area contributed by atoms with E-state index in [1.54, 1.807) is 0 Å². The summed E-state index contributed by atoms with van der Waals surface area (Å²) in [5, 5.41) is 0. The van der Waals surface area contributed by atoms with Crippen LogP contribution in [0.3, 0.4) is 0 Å². The van der Waals surface area contributed by atoms with Gasteiger partial charge in [0.15, 0.2) is 0 Å². The second-order valence-corrected chi connectivity index (χ2v) is 7.99. The van der Waals surface area contributed by atoms with Crippen molar-refractivity contribution in [2.45, 2.75) is 32.1 Å². The van der Waals surface area contributed by atoms with Crippen LogP contribution in [0.2, 0.25) is 0 Å². The van der Waals surface area contributed by atoms with Gasteiger partial charge in [0.1, 0.15) is 0 Å². The van der Waals surface area contributed by atoms with Crippen molar-refractivity contribution in [2.75, 3.05) is 52.4 Å². The Hall–Kier alpha value is -1.63. The molecule has 2 N–H and O–H groups in total. The summed E-state index contributed by atoms with van der Waals surface area (Å²) in [4.78, 5) is 31.4. The van der Waals surface area contributed by atoms with Gasteiger partial charge in [0, 0.05) is 51.7 Å². The molecule has 2 fully saturated rings. The van der Waals surface area contributed by atoms with Crippen molar-refractivity contribution < 1.29 is 9.59 Å². The maximum Gasteiger partial charge on any atom is 0.236 e. The summed E-state index contributed by atoms with van der Waals surface area (Å²) in [7, 11) is 0. The van der Waals surface area contributed by atoms with Gasteiger partial charge in [-0.3, -0.25) is 14.5 Å². The predicted molar refractivity (Wildman–Crippen MR) is 118 cm³/mol. The van der Waals surface area contributed by atoms with E-state index in [2.05, 4.69) is 17.0 Å². The van der Waals surface area contributed by atoms with Crippen molar-refractivity contribution in [3.05, 3.63) is 35.9 Å². The Balaban J connectivity index is 0.00000300. The smallest absolute Gasteiger partial charge is 0.236 e. The molecule has 2 saturated heterocycles. The van der Waals surface area contributed by atoms with E-state index in [4.69, 9.17) is 5.73 Å². The first-order valence-corrected chi connectivity index (χ1v) is 10.7. The number of hydrogen-bond acceptors (Lipinski definition) is 4. The third-order valence-electron chi connectivity index (χ3n) is 5.98. The lowest BCUT2D eigenvalue weighted by Crippen LogP contribution is -2.47. The third-order valence-corrected chi connectivity index (χ3v) is 5.98. The summed E-state index contributed by atoms with van der Waals surface area (Å²) in [6, 6.07) is 10.3. The molecule has 1 aromatic rings. The molecule has 2 aliphatic heterocycles. The van der Waals surface area contributed by atoms with Crippen LogP contribution < -0.4 is 5.73 Å². The van der Waals surface area contributed by atoms with Crippen molar-refractivity contribution in [1.82, 2.24) is 14.7 Å². The molecule has 162 valence electrons. The second kappa shape index (κ2) is 12.2. The molecule has 6 nitrogen and oxygen atoms in total. The number of hydrogen-bond donors (Lipinski definition) is 1. The number of amides is 2. The van der Waals surface area contributed by atoms with Crippen LogP contribution in [0.25, 0.3) is 0 Å². The zero-order valence-corrected chi connectivity index (χ0v) is 18.1. The molecule has 0 atom stereocenters. The highest BCUT2D eigenvalue weighted by molar-refractivity contribution is 5.85. The number of piperidine rings is 1. The standard InChI is InChI=1S/C22H34N4O2.ClH/c23-11-17-24(14-8-19-6-2-1-3-7-19)18-21(27)25-15-9-20(10-16-25)22(28)26-12-4-5-13-26;/h1-3,6-7,20H,4-5,8-18,23H2;1H. The molecule has 0 spiro atoms. The lowest BCUT2D eigenvalue weighted by molar-refractivity contribution is -0.140. The van der Waals surface area contributed by atoms with Crippen LogP contribution in [0, 0.1) is 5.92 Å². The van der Waals surface area contributed by atoms with Crippen LogP contribution in [0.15, 0.2) is 30.3 Å². The fraction of sp³-hybridized carbons (Fsp3) is 0.636. The van der Waals surface area contributed by atoms with Gasteiger partial charge < -0.3 is 15.5 Å². The van der Waals surface area contributed by atoms with E-state index in [9.17, 15) is 9.59 Å². The van der Waals surface area contributed by atoms with E-state index in [0.29, 0.717) is 32.1 Å². The van der Waals surface area contributed by atoms with Crippen LogP contribution in [-0.4, -0.2) is 78.9 Å². The van der Waals surface area contributed by atoms with Gasteiger partial charge >= 0.3 is 0 Å². The van der Waals surface area contributed by atoms with Gasteiger partial charge in [-0.1, -0.05) is 30.3 Å². The van der Waals surface area contributed by atoms with Gasteiger partial charge in [-0.15, -0.1) is 12.4 Å². The van der Waals surface area contributed by atoms with Crippen molar-refractivity contribution in [1.29, 1.82) is 0 Å². The number of carbonyl (C=O) groups is 2. The molecule has 1 aromatic carbocycles. The Bertz CT molecular complexity index is 629. The zero-order chi connectivity index (χ0) is 19.8. The number of carbonyl (C=O) groups excluding carboxylic acids is 2. The minimum absolute atomic E-state index is 0. The molecule has 2 amide bonds. The molecule has 7 heteroatoms. The Morgan fingerprint density at radius 3 is 2.24 bits per heavy atom. The second-order valence-electron chi connectivity index (χ2n) is 7.99. The van der Waals surface area contributed by atoms with Gasteiger partial charge in [-0.2, -0.15) is 0 Å². The Kier molecular flexibility index (Phi) is 9.91. The van der Waals surface area contributed by atoms with Crippen molar-refractivity contribution in [2.24, 2.45) is 11.7 Å². The summed E-state index contributed by atoms with van der Waals surface area (Å²) in [6.07, 6.45) is 4.76. The van der Waals surface area contributed by atoms with E-state index >= 15 is 0 Å². The van der Waals surface area contributed by atoms with Crippen LogP contribution in [0.5, 0.6) is 0 Å². The third kappa shape index (κ3) is 6.98. The molecule has 0 bridgehead atoms. The highest BCUT2D eigenvalue weighted by Crippen LogP contribution is 2.22. The molecule has 2 aliphatic rings. The maximum atomic E-state index is 12.8. The fourth-order valence-corrected chi connectivity index (χ4v) is 4.25. The lowest BCUT2D eigenvalue weighted by Gasteiger charge is -2.34. The minimum Gasteiger partial charge on any atom is -0.342 e. The largest absolute Gasteiger partial charge is 0.342 e. The maximum absolute atomic E-state index is 12.8. The summed E-state index contributed by atoms with van der Waals surface area (Å²) in [5.74, 6) is 0.561. The zero-order valence-electron chi connectivity index (χ0n) is 17.3. The first kappa shape index (κ1) is 23.6. The Morgan fingerprint density at radius 2 is 1.62 bits per heavy atom. The SMILES string of the molecule is Cl.NCCN(CCc1ccccc1)CC(=O)N1CCC(C(=O)N2CCCC2)CC1. The van der Waals surface area contributed by atoms with Gasteiger partial charge in [0.2, 0.25) is 11.8 Å². The fourth-order valence-electron chi connectivity index (χ4n) is 4.25. The van der Waals surface area contributed by atoms with E-state index in [1.165, 1.54) is 5.56 Å². The molecular weight excluding hydrogens is 388 g/mol. The number of halogens is 1. The van der Waals surface area contributed by atoms with E-state index in [0.717, 1.165) is 58.3 Å². The number of rotatable bonds is 8. The van der Waals surface area contributed by atoms with Gasteiger partial charge in [0.05, 0.1) is 6.54 Å². The Morgan fingerprint density at radius 1 is 0.966 bits per heavy atom. The van der Waals surface area contributed by atoms with Gasteiger partial charge in [-0.05, 0) is 37.7 Å². The topological polar surface area (TPSA) is 69.9 Å². The van der Waals surface area contributed by atoms with Crippen LogP contribution in [0.1, 0.15) is 31.2 Å². The molecule has 2 heterocycles. The first-order valence-electron chi connectivity index (χ1n) is 10.7. The van der Waals surface area contributed by atoms with Crippen LogP contribution >= 0.6 is 12.4 Å². The number of nitrogens with two attached hydrogens (primary N) is 1. The monoisotopic (exact) mass is 422 g/mol. The molecular formula is C22H35ClN4O2. The molecule has 3 rings (SSSR count). The normalized spacial score (nSPS) is 17.4. The minimum atomic E-state index is 0. The number of likely N-dealkylation sites (tertiary alicyclic amines) is 2. The van der Waals surface area contributed by atoms with Crippen molar-refractivity contribution >= 4 is 24.2 Å². The molecule has 0 radical (unpaired) electrons. The summed E-state index contributed by atoms with van der Waals surface area (Å²) in [5.41, 5.74) is 7.03. The summed E-state index contributed by atoms with van der Waals surface area (Å²) >= 11 is 0. The van der Waals surface area contributed by atoms with Crippen LogP contribution in [0.4, 0.5) is 0 Å². The highest BCUT2D eigenvalue weighted by Gasteiger charge is 2.31. The highest BCUT2D eigenvalue weighted by atomic mass is 35.5. The van der Waals surface area contributed by atoms with E-state index < -0.39 is 0 Å². The first-order chi connectivity index (χ1) is 13.7. The van der Waals surface area contributed by atoms with E-state index in [1.807, 2.05) is 28.0 Å². The van der Waals surface area contributed by atoms with Gasteiger partial charge in [0.25, 0.3) is 0 Å². The average molecular weight is 423 g/mol.